The van der Waals surface area contributed by atoms with Crippen molar-refractivity contribution in [1.29, 1.82) is 0 Å². The van der Waals surface area contributed by atoms with Crippen LogP contribution in [0.25, 0.3) is 0 Å². The molecule has 0 spiro atoms. The Labute approximate surface area is 109 Å². The third kappa shape index (κ3) is 4.14. The summed E-state index contributed by atoms with van der Waals surface area (Å²) in [6.45, 7) is 8.62. The fraction of sp³-hybridized carbons (Fsp3) is 0.692. The fourth-order valence-corrected chi connectivity index (χ4v) is 1.63. The number of rotatable bonds is 6. The van der Waals surface area contributed by atoms with E-state index in [4.69, 9.17) is 0 Å². The van der Waals surface area contributed by atoms with Crippen LogP contribution in [-0.4, -0.2) is 28.3 Å². The molecule has 1 amide bonds. The van der Waals surface area contributed by atoms with Crippen LogP contribution in [0.15, 0.2) is 6.20 Å². The van der Waals surface area contributed by atoms with Gasteiger partial charge in [-0.1, -0.05) is 20.8 Å². The van der Waals surface area contributed by atoms with Gasteiger partial charge in [-0.2, -0.15) is 5.10 Å². The smallest absolute Gasteiger partial charge is 0.238 e. The first-order valence-corrected chi connectivity index (χ1v) is 6.50. The zero-order valence-electron chi connectivity index (χ0n) is 11.9. The summed E-state index contributed by atoms with van der Waals surface area (Å²) in [7, 11) is 1.86. The lowest BCUT2D eigenvalue weighted by Gasteiger charge is -2.11. The van der Waals surface area contributed by atoms with E-state index in [1.165, 1.54) is 0 Å². The minimum absolute atomic E-state index is 0.0230. The molecule has 1 heterocycles. The van der Waals surface area contributed by atoms with Crippen molar-refractivity contribution in [2.24, 2.45) is 7.05 Å². The van der Waals surface area contributed by atoms with Crippen molar-refractivity contribution in [3.05, 3.63) is 11.9 Å². The summed E-state index contributed by atoms with van der Waals surface area (Å²) in [5.74, 6) is 0.272. The van der Waals surface area contributed by atoms with Crippen LogP contribution < -0.4 is 10.6 Å². The highest BCUT2D eigenvalue weighted by Crippen LogP contribution is 2.21. The average molecular weight is 252 g/mol. The maximum Gasteiger partial charge on any atom is 0.238 e. The summed E-state index contributed by atoms with van der Waals surface area (Å²) in [6, 6.07) is 0.356. The second-order valence-electron chi connectivity index (χ2n) is 4.99. The largest absolute Gasteiger partial charge is 0.322 e. The van der Waals surface area contributed by atoms with Crippen LogP contribution in [0.1, 0.15) is 45.7 Å². The molecule has 1 atom stereocenters. The summed E-state index contributed by atoms with van der Waals surface area (Å²) in [5.41, 5.74) is 1.73. The number of aromatic nitrogens is 2. The number of nitrogens with one attached hydrogen (secondary N) is 2. The molecule has 1 aromatic heterocycles. The SMILES string of the molecule is CCC(C)NCC(=O)Nc1cn(C)nc1C(C)C. The number of hydrogen-bond acceptors (Lipinski definition) is 3. The Morgan fingerprint density at radius 1 is 1.44 bits per heavy atom. The predicted octanol–water partition coefficient (Wildman–Crippen LogP) is 1.87. The molecule has 1 unspecified atom stereocenters. The maximum absolute atomic E-state index is 11.8. The Bertz CT molecular complexity index is 398. The third-order valence-electron chi connectivity index (χ3n) is 2.90. The molecule has 18 heavy (non-hydrogen) atoms. The molecule has 0 fully saturated rings. The standard InChI is InChI=1S/C13H24N4O/c1-6-10(4)14-7-12(18)15-11-8-17(5)16-13(11)9(2)3/h8-10,14H,6-7H2,1-5H3,(H,15,18). The second kappa shape index (κ2) is 6.54. The van der Waals surface area contributed by atoms with Gasteiger partial charge in [-0.25, -0.2) is 0 Å². The van der Waals surface area contributed by atoms with E-state index in [1.54, 1.807) is 4.68 Å². The molecule has 0 saturated carbocycles. The number of anilines is 1. The molecule has 0 saturated heterocycles. The van der Waals surface area contributed by atoms with E-state index >= 15 is 0 Å². The number of carbonyl (C=O) groups excluding carboxylic acids is 1. The van der Waals surface area contributed by atoms with E-state index in [0.717, 1.165) is 17.8 Å². The first kappa shape index (κ1) is 14.7. The number of carbonyl (C=O) groups is 1. The van der Waals surface area contributed by atoms with E-state index in [1.807, 2.05) is 13.2 Å². The number of hydrogen-bond donors (Lipinski definition) is 2. The monoisotopic (exact) mass is 252 g/mol. The van der Waals surface area contributed by atoms with Gasteiger partial charge in [0.2, 0.25) is 5.91 Å². The van der Waals surface area contributed by atoms with Gasteiger partial charge in [-0.05, 0) is 19.3 Å². The van der Waals surface area contributed by atoms with Crippen molar-refractivity contribution in [2.75, 3.05) is 11.9 Å². The van der Waals surface area contributed by atoms with E-state index in [9.17, 15) is 4.79 Å². The molecule has 0 aliphatic carbocycles. The highest BCUT2D eigenvalue weighted by atomic mass is 16.1. The predicted molar refractivity (Wildman–Crippen MR) is 73.7 cm³/mol. The molecule has 5 heteroatoms. The zero-order valence-corrected chi connectivity index (χ0v) is 11.9. The van der Waals surface area contributed by atoms with Crippen molar-refractivity contribution in [3.63, 3.8) is 0 Å². The number of aryl methyl sites for hydroxylation is 1. The van der Waals surface area contributed by atoms with Crippen LogP contribution >= 0.6 is 0 Å². The quantitative estimate of drug-likeness (QED) is 0.812. The summed E-state index contributed by atoms with van der Waals surface area (Å²) < 4.78 is 1.73. The molecule has 2 N–H and O–H groups in total. The van der Waals surface area contributed by atoms with Gasteiger partial charge < -0.3 is 10.6 Å². The summed E-state index contributed by atoms with van der Waals surface area (Å²) in [6.07, 6.45) is 2.86. The number of nitrogens with zero attached hydrogens (tertiary/aromatic N) is 2. The maximum atomic E-state index is 11.8. The van der Waals surface area contributed by atoms with Gasteiger partial charge in [0.05, 0.1) is 17.9 Å². The topological polar surface area (TPSA) is 59.0 Å². The molecule has 1 rings (SSSR count). The Hall–Kier alpha value is -1.36. The van der Waals surface area contributed by atoms with E-state index in [2.05, 4.69) is 43.4 Å². The van der Waals surface area contributed by atoms with Crippen molar-refractivity contribution < 1.29 is 4.79 Å². The molecule has 1 aromatic rings. The first-order valence-electron chi connectivity index (χ1n) is 6.50. The minimum atomic E-state index is -0.0230. The molecule has 0 bridgehead atoms. The van der Waals surface area contributed by atoms with Gasteiger partial charge in [-0.3, -0.25) is 9.48 Å². The lowest BCUT2D eigenvalue weighted by molar-refractivity contribution is -0.115. The van der Waals surface area contributed by atoms with Gasteiger partial charge in [0, 0.05) is 19.3 Å². The Balaban J connectivity index is 2.59. The third-order valence-corrected chi connectivity index (χ3v) is 2.90. The first-order chi connectivity index (χ1) is 8.43. The van der Waals surface area contributed by atoms with Gasteiger partial charge in [-0.15, -0.1) is 0 Å². The molecule has 5 nitrogen and oxygen atoms in total. The normalized spacial score (nSPS) is 12.8. The lowest BCUT2D eigenvalue weighted by atomic mass is 10.1. The summed E-state index contributed by atoms with van der Waals surface area (Å²) in [5, 5.41) is 10.4. The van der Waals surface area contributed by atoms with Crippen LogP contribution in [0.5, 0.6) is 0 Å². The van der Waals surface area contributed by atoms with E-state index in [0.29, 0.717) is 18.5 Å². The lowest BCUT2D eigenvalue weighted by Crippen LogP contribution is -2.34. The highest BCUT2D eigenvalue weighted by Gasteiger charge is 2.13. The summed E-state index contributed by atoms with van der Waals surface area (Å²) >= 11 is 0. The molecule has 0 aliphatic rings. The van der Waals surface area contributed by atoms with E-state index < -0.39 is 0 Å². The Morgan fingerprint density at radius 3 is 2.67 bits per heavy atom. The van der Waals surface area contributed by atoms with Crippen LogP contribution in [0.4, 0.5) is 5.69 Å². The van der Waals surface area contributed by atoms with Crippen LogP contribution in [-0.2, 0) is 11.8 Å². The van der Waals surface area contributed by atoms with Gasteiger partial charge >= 0.3 is 0 Å². The van der Waals surface area contributed by atoms with Gasteiger partial charge in [0.1, 0.15) is 0 Å². The zero-order chi connectivity index (χ0) is 13.7. The second-order valence-corrected chi connectivity index (χ2v) is 4.99. The Morgan fingerprint density at radius 2 is 2.11 bits per heavy atom. The molecular weight excluding hydrogens is 228 g/mol. The van der Waals surface area contributed by atoms with Crippen molar-refractivity contribution >= 4 is 11.6 Å². The average Bonchev–Trinajstić information content (AvgIpc) is 2.67. The number of amides is 1. The minimum Gasteiger partial charge on any atom is -0.322 e. The van der Waals surface area contributed by atoms with Crippen LogP contribution in [0, 0.1) is 0 Å². The van der Waals surface area contributed by atoms with Crippen LogP contribution in [0.3, 0.4) is 0 Å². The highest BCUT2D eigenvalue weighted by molar-refractivity contribution is 5.92. The summed E-state index contributed by atoms with van der Waals surface area (Å²) in [4.78, 5) is 11.8. The molecular formula is C13H24N4O. The van der Waals surface area contributed by atoms with Gasteiger partial charge in [0.25, 0.3) is 0 Å². The van der Waals surface area contributed by atoms with Crippen molar-refractivity contribution in [1.82, 2.24) is 15.1 Å². The van der Waals surface area contributed by atoms with E-state index in [-0.39, 0.29) is 5.91 Å². The molecule has 0 aliphatic heterocycles. The van der Waals surface area contributed by atoms with Crippen LogP contribution in [0.2, 0.25) is 0 Å². The molecule has 0 aromatic carbocycles. The Kier molecular flexibility index (Phi) is 5.34. The molecule has 0 radical (unpaired) electrons. The molecule has 102 valence electrons. The van der Waals surface area contributed by atoms with Gasteiger partial charge in [0.15, 0.2) is 0 Å². The van der Waals surface area contributed by atoms with Crippen molar-refractivity contribution in [2.45, 2.75) is 46.1 Å². The fourth-order valence-electron chi connectivity index (χ4n) is 1.63. The van der Waals surface area contributed by atoms with Crippen molar-refractivity contribution in [3.8, 4) is 0 Å².